The normalized spacial score (nSPS) is 14.0. The summed E-state index contributed by atoms with van der Waals surface area (Å²) in [5.74, 6) is 1.34. The largest absolute Gasteiger partial charge is 0.497 e. The van der Waals surface area contributed by atoms with Crippen LogP contribution in [0.4, 0.5) is 5.69 Å². The first-order valence-corrected chi connectivity index (χ1v) is 10.2. The SMILES string of the molecule is COc1ccc(-c2ncc(C(=O)N3CCN(c4cccc(Cl)c4)CC3)c(C)n2)cc1. The topological polar surface area (TPSA) is 58.6 Å². The maximum atomic E-state index is 13.0. The standard InChI is InChI=1S/C23H23ClN4O2/c1-16-21(15-25-22(26-16)17-6-8-20(30-2)9-7-17)23(29)28-12-10-27(11-13-28)19-5-3-4-18(24)14-19/h3-9,14-15H,10-13H2,1-2H3. The summed E-state index contributed by atoms with van der Waals surface area (Å²) < 4.78 is 5.19. The number of benzene rings is 2. The smallest absolute Gasteiger partial charge is 0.257 e. The average molecular weight is 423 g/mol. The lowest BCUT2D eigenvalue weighted by molar-refractivity contribution is 0.0745. The molecule has 1 saturated heterocycles. The van der Waals surface area contributed by atoms with E-state index in [9.17, 15) is 4.79 Å². The molecule has 154 valence electrons. The highest BCUT2D eigenvalue weighted by Gasteiger charge is 2.24. The van der Waals surface area contributed by atoms with Crippen LogP contribution in [0.5, 0.6) is 5.75 Å². The van der Waals surface area contributed by atoms with Gasteiger partial charge in [0.05, 0.1) is 18.4 Å². The number of hydrogen-bond donors (Lipinski definition) is 0. The van der Waals surface area contributed by atoms with Crippen molar-refractivity contribution in [1.82, 2.24) is 14.9 Å². The van der Waals surface area contributed by atoms with E-state index in [1.54, 1.807) is 13.3 Å². The molecule has 0 N–H and O–H groups in total. The Balaban J connectivity index is 1.44. The fourth-order valence-corrected chi connectivity index (χ4v) is 3.75. The number of halogens is 1. The van der Waals surface area contributed by atoms with Crippen molar-refractivity contribution in [2.45, 2.75) is 6.92 Å². The van der Waals surface area contributed by atoms with E-state index >= 15 is 0 Å². The van der Waals surface area contributed by atoms with Crippen LogP contribution in [0.1, 0.15) is 16.1 Å². The van der Waals surface area contributed by atoms with Gasteiger partial charge in [0.1, 0.15) is 5.75 Å². The van der Waals surface area contributed by atoms with E-state index in [0.29, 0.717) is 30.2 Å². The van der Waals surface area contributed by atoms with Gasteiger partial charge in [-0.3, -0.25) is 4.79 Å². The highest BCUT2D eigenvalue weighted by molar-refractivity contribution is 6.30. The number of rotatable bonds is 4. The molecule has 1 aliphatic rings. The molecule has 0 saturated carbocycles. The summed E-state index contributed by atoms with van der Waals surface area (Å²) in [7, 11) is 1.63. The molecule has 2 heterocycles. The van der Waals surface area contributed by atoms with Crippen molar-refractivity contribution in [3.8, 4) is 17.1 Å². The second kappa shape index (κ2) is 8.71. The van der Waals surface area contributed by atoms with Gasteiger partial charge in [0.2, 0.25) is 0 Å². The Morgan fingerprint density at radius 1 is 1.07 bits per heavy atom. The van der Waals surface area contributed by atoms with Crippen LogP contribution >= 0.6 is 11.6 Å². The lowest BCUT2D eigenvalue weighted by atomic mass is 10.1. The molecule has 1 amide bonds. The van der Waals surface area contributed by atoms with Crippen LogP contribution in [0.3, 0.4) is 0 Å². The molecule has 1 aliphatic heterocycles. The van der Waals surface area contributed by atoms with Crippen LogP contribution in [0.25, 0.3) is 11.4 Å². The Bertz CT molecular complexity index is 1050. The molecule has 7 heteroatoms. The Labute approximate surface area is 181 Å². The van der Waals surface area contributed by atoms with Gasteiger partial charge in [0.25, 0.3) is 5.91 Å². The third-order valence-corrected chi connectivity index (χ3v) is 5.53. The molecule has 3 aromatic rings. The average Bonchev–Trinajstić information content (AvgIpc) is 2.79. The Morgan fingerprint density at radius 2 is 1.80 bits per heavy atom. The van der Waals surface area contributed by atoms with Crippen molar-refractivity contribution < 1.29 is 9.53 Å². The van der Waals surface area contributed by atoms with Crippen molar-refractivity contribution in [2.24, 2.45) is 0 Å². The number of methoxy groups -OCH3 is 1. The van der Waals surface area contributed by atoms with E-state index in [-0.39, 0.29) is 5.91 Å². The van der Waals surface area contributed by atoms with Gasteiger partial charge in [-0.2, -0.15) is 0 Å². The first-order chi connectivity index (χ1) is 14.5. The zero-order valence-electron chi connectivity index (χ0n) is 17.0. The van der Waals surface area contributed by atoms with Crippen molar-refractivity contribution in [1.29, 1.82) is 0 Å². The molecule has 0 bridgehead atoms. The lowest BCUT2D eigenvalue weighted by Gasteiger charge is -2.36. The summed E-state index contributed by atoms with van der Waals surface area (Å²) in [6.07, 6.45) is 1.63. The van der Waals surface area contributed by atoms with Gasteiger partial charge in [0.15, 0.2) is 5.82 Å². The summed E-state index contributed by atoms with van der Waals surface area (Å²) in [5.41, 5.74) is 3.19. The lowest BCUT2D eigenvalue weighted by Crippen LogP contribution is -2.49. The minimum Gasteiger partial charge on any atom is -0.497 e. The summed E-state index contributed by atoms with van der Waals surface area (Å²) in [6.45, 7) is 4.66. The minimum absolute atomic E-state index is 0.0282. The predicted octanol–water partition coefficient (Wildman–Crippen LogP) is 4.08. The zero-order chi connectivity index (χ0) is 21.1. The van der Waals surface area contributed by atoms with E-state index in [1.165, 1.54) is 0 Å². The van der Waals surface area contributed by atoms with Gasteiger partial charge in [-0.05, 0) is 49.4 Å². The van der Waals surface area contributed by atoms with Crippen LogP contribution in [-0.4, -0.2) is 54.1 Å². The third-order valence-electron chi connectivity index (χ3n) is 5.30. The van der Waals surface area contributed by atoms with E-state index < -0.39 is 0 Å². The highest BCUT2D eigenvalue weighted by Crippen LogP contribution is 2.23. The molecule has 0 radical (unpaired) electrons. The molecule has 4 rings (SSSR count). The number of ether oxygens (including phenoxy) is 1. The summed E-state index contributed by atoms with van der Waals surface area (Å²) in [4.78, 5) is 26.1. The number of hydrogen-bond acceptors (Lipinski definition) is 5. The van der Waals surface area contributed by atoms with Crippen molar-refractivity contribution >= 4 is 23.2 Å². The molecule has 1 fully saturated rings. The maximum Gasteiger partial charge on any atom is 0.257 e. The minimum atomic E-state index is -0.0282. The monoisotopic (exact) mass is 422 g/mol. The van der Waals surface area contributed by atoms with E-state index in [0.717, 1.165) is 35.1 Å². The summed E-state index contributed by atoms with van der Waals surface area (Å²) in [5, 5.41) is 0.718. The number of nitrogens with zero attached hydrogens (tertiary/aromatic N) is 4. The van der Waals surface area contributed by atoms with Gasteiger partial charge in [0, 0.05) is 48.6 Å². The van der Waals surface area contributed by atoms with Crippen LogP contribution in [0.15, 0.2) is 54.7 Å². The van der Waals surface area contributed by atoms with Gasteiger partial charge >= 0.3 is 0 Å². The zero-order valence-corrected chi connectivity index (χ0v) is 17.8. The molecular formula is C23H23ClN4O2. The van der Waals surface area contributed by atoms with Crippen LogP contribution in [-0.2, 0) is 0 Å². The molecule has 6 nitrogen and oxygen atoms in total. The van der Waals surface area contributed by atoms with E-state index in [4.69, 9.17) is 16.3 Å². The van der Waals surface area contributed by atoms with Crippen LogP contribution in [0.2, 0.25) is 5.02 Å². The molecule has 0 unspecified atom stereocenters. The summed E-state index contributed by atoms with van der Waals surface area (Å²) >= 11 is 6.10. The number of aromatic nitrogens is 2. The van der Waals surface area contributed by atoms with Gasteiger partial charge in [-0.1, -0.05) is 17.7 Å². The number of aryl methyl sites for hydroxylation is 1. The molecule has 0 aliphatic carbocycles. The molecule has 0 atom stereocenters. The molecule has 30 heavy (non-hydrogen) atoms. The highest BCUT2D eigenvalue weighted by atomic mass is 35.5. The number of carbonyl (C=O) groups is 1. The van der Waals surface area contributed by atoms with E-state index in [2.05, 4.69) is 14.9 Å². The first kappa shape index (κ1) is 20.2. The Kier molecular flexibility index (Phi) is 5.86. The van der Waals surface area contributed by atoms with Crippen molar-refractivity contribution in [3.63, 3.8) is 0 Å². The Morgan fingerprint density at radius 3 is 2.43 bits per heavy atom. The second-order valence-electron chi connectivity index (χ2n) is 7.18. The van der Waals surface area contributed by atoms with Gasteiger partial charge < -0.3 is 14.5 Å². The maximum absolute atomic E-state index is 13.0. The van der Waals surface area contributed by atoms with Gasteiger partial charge in [-0.15, -0.1) is 0 Å². The summed E-state index contributed by atoms with van der Waals surface area (Å²) in [6, 6.07) is 15.4. The first-order valence-electron chi connectivity index (χ1n) is 9.83. The molecule has 1 aromatic heterocycles. The van der Waals surface area contributed by atoms with E-state index in [1.807, 2.05) is 60.4 Å². The van der Waals surface area contributed by atoms with Crippen LogP contribution in [0, 0.1) is 6.92 Å². The quantitative estimate of drug-likeness (QED) is 0.634. The number of amides is 1. The number of carbonyl (C=O) groups excluding carboxylic acids is 1. The van der Waals surface area contributed by atoms with Crippen molar-refractivity contribution in [2.75, 3.05) is 38.2 Å². The molecule has 2 aromatic carbocycles. The number of piperazine rings is 1. The molecule has 0 spiro atoms. The van der Waals surface area contributed by atoms with Gasteiger partial charge in [-0.25, -0.2) is 9.97 Å². The molecular weight excluding hydrogens is 400 g/mol. The fraction of sp³-hybridized carbons (Fsp3) is 0.261. The van der Waals surface area contributed by atoms with Crippen LogP contribution < -0.4 is 9.64 Å². The number of anilines is 1. The predicted molar refractivity (Wildman–Crippen MR) is 118 cm³/mol. The van der Waals surface area contributed by atoms with Crippen molar-refractivity contribution in [3.05, 3.63) is 71.0 Å². The Hall–Kier alpha value is -3.12. The third kappa shape index (κ3) is 4.24. The second-order valence-corrected chi connectivity index (χ2v) is 7.62. The fourth-order valence-electron chi connectivity index (χ4n) is 3.57.